The van der Waals surface area contributed by atoms with Gasteiger partial charge in [0.15, 0.2) is 0 Å². The fourth-order valence-electron chi connectivity index (χ4n) is 0.837. The Balaban J connectivity index is 2.98. The number of hydrogen-bond acceptors (Lipinski definition) is 2. The van der Waals surface area contributed by atoms with E-state index in [0.717, 1.165) is 6.07 Å². The number of carbonyl (C=O) groups excluding carboxylic acids is 1. The summed E-state index contributed by atoms with van der Waals surface area (Å²) in [6, 6.07) is 3.48. The molecule has 0 saturated carbocycles. The number of aromatic nitrogens is 1. The van der Waals surface area contributed by atoms with E-state index in [9.17, 15) is 18.0 Å². The van der Waals surface area contributed by atoms with Crippen LogP contribution in [0.25, 0.3) is 0 Å². The van der Waals surface area contributed by atoms with Gasteiger partial charge >= 0.3 is 6.18 Å². The number of carbonyl (C=O) groups is 1. The molecule has 0 aliphatic rings. The maximum absolute atomic E-state index is 12.1. The molecule has 0 bridgehead atoms. The van der Waals surface area contributed by atoms with Crippen molar-refractivity contribution >= 4 is 6.29 Å². The van der Waals surface area contributed by atoms with E-state index < -0.39 is 11.9 Å². The monoisotopic (exact) mass is 189 g/mol. The highest BCUT2D eigenvalue weighted by Gasteiger charge is 2.32. The first-order chi connectivity index (χ1) is 6.04. The molecule has 0 aliphatic heterocycles. The first kappa shape index (κ1) is 9.70. The van der Waals surface area contributed by atoms with Crippen LogP contribution in [-0.4, -0.2) is 11.3 Å². The lowest BCUT2D eigenvalue weighted by atomic mass is 10.2. The summed E-state index contributed by atoms with van der Waals surface area (Å²) in [6.07, 6.45) is -4.02. The number of pyridine rings is 1. The van der Waals surface area contributed by atoms with E-state index in [4.69, 9.17) is 0 Å². The number of nitrogens with zero attached hydrogens (tertiary/aromatic N) is 1. The summed E-state index contributed by atoms with van der Waals surface area (Å²) in [5.41, 5.74) is -0.836. The van der Waals surface area contributed by atoms with Crippen LogP contribution in [0.1, 0.15) is 11.4 Å². The Labute approximate surface area is 72.4 Å². The fourth-order valence-corrected chi connectivity index (χ4v) is 0.837. The molecular formula is C8H6F3NO. The Morgan fingerprint density at radius 3 is 2.62 bits per heavy atom. The highest BCUT2D eigenvalue weighted by molar-refractivity contribution is 5.53. The third-order valence-corrected chi connectivity index (χ3v) is 1.39. The van der Waals surface area contributed by atoms with Crippen molar-refractivity contribution in [2.45, 2.75) is 12.6 Å². The topological polar surface area (TPSA) is 30.0 Å². The van der Waals surface area contributed by atoms with E-state index in [2.05, 4.69) is 4.98 Å². The lowest BCUT2D eigenvalue weighted by molar-refractivity contribution is -0.141. The Morgan fingerprint density at radius 1 is 1.38 bits per heavy atom. The first-order valence-corrected chi connectivity index (χ1v) is 3.51. The van der Waals surface area contributed by atoms with Crippen molar-refractivity contribution in [1.82, 2.24) is 4.98 Å². The van der Waals surface area contributed by atoms with Crippen molar-refractivity contribution in [1.29, 1.82) is 0 Å². The highest BCUT2D eigenvalue weighted by Crippen LogP contribution is 2.27. The molecule has 1 aromatic rings. The van der Waals surface area contributed by atoms with Crippen molar-refractivity contribution < 1.29 is 18.0 Å². The summed E-state index contributed by atoms with van der Waals surface area (Å²) in [7, 11) is 0. The lowest BCUT2D eigenvalue weighted by Gasteiger charge is -2.05. The molecule has 0 fully saturated rings. The van der Waals surface area contributed by atoms with Gasteiger partial charge in [0.25, 0.3) is 0 Å². The SMILES string of the molecule is O=CCc1cccc(C(F)(F)F)n1. The van der Waals surface area contributed by atoms with Crippen LogP contribution >= 0.6 is 0 Å². The second kappa shape index (κ2) is 3.55. The van der Waals surface area contributed by atoms with Crippen molar-refractivity contribution in [2.24, 2.45) is 0 Å². The third kappa shape index (κ3) is 2.54. The first-order valence-electron chi connectivity index (χ1n) is 3.51. The fraction of sp³-hybridized carbons (Fsp3) is 0.250. The Hall–Kier alpha value is -1.39. The molecule has 2 nitrogen and oxygen atoms in total. The molecule has 0 spiro atoms. The van der Waals surface area contributed by atoms with Gasteiger partial charge < -0.3 is 4.79 Å². The van der Waals surface area contributed by atoms with Gasteiger partial charge in [-0.1, -0.05) is 6.07 Å². The Bertz CT molecular complexity index is 309. The molecule has 13 heavy (non-hydrogen) atoms. The van der Waals surface area contributed by atoms with Crippen LogP contribution < -0.4 is 0 Å². The van der Waals surface area contributed by atoms with Gasteiger partial charge in [0.05, 0.1) is 0 Å². The molecular weight excluding hydrogens is 183 g/mol. The molecule has 1 aromatic heterocycles. The van der Waals surface area contributed by atoms with E-state index in [1.807, 2.05) is 0 Å². The molecule has 0 aliphatic carbocycles. The van der Waals surface area contributed by atoms with Gasteiger partial charge in [-0.05, 0) is 12.1 Å². The predicted molar refractivity (Wildman–Crippen MR) is 39.0 cm³/mol. The minimum Gasteiger partial charge on any atom is -0.303 e. The van der Waals surface area contributed by atoms with Gasteiger partial charge in [-0.2, -0.15) is 13.2 Å². The molecule has 1 heterocycles. The number of halogens is 3. The smallest absolute Gasteiger partial charge is 0.303 e. The zero-order valence-electron chi connectivity index (χ0n) is 6.51. The van der Waals surface area contributed by atoms with Gasteiger partial charge in [-0.15, -0.1) is 0 Å². The molecule has 0 saturated heterocycles. The van der Waals surface area contributed by atoms with E-state index in [-0.39, 0.29) is 12.1 Å². The van der Waals surface area contributed by atoms with Crippen molar-refractivity contribution in [3.05, 3.63) is 29.6 Å². The van der Waals surface area contributed by atoms with Crippen LogP contribution in [0.2, 0.25) is 0 Å². The van der Waals surface area contributed by atoms with Crippen LogP contribution in [0.4, 0.5) is 13.2 Å². The second-order valence-corrected chi connectivity index (χ2v) is 2.38. The van der Waals surface area contributed by atoms with Crippen molar-refractivity contribution in [3.63, 3.8) is 0 Å². The van der Waals surface area contributed by atoms with Crippen LogP contribution in [0, 0.1) is 0 Å². The molecule has 0 radical (unpaired) electrons. The quantitative estimate of drug-likeness (QED) is 0.664. The maximum atomic E-state index is 12.1. The van der Waals surface area contributed by atoms with Crippen molar-refractivity contribution in [3.8, 4) is 0 Å². The summed E-state index contributed by atoms with van der Waals surface area (Å²) < 4.78 is 36.2. The minimum absolute atomic E-state index is 0.0933. The molecule has 5 heteroatoms. The standard InChI is InChI=1S/C8H6F3NO/c9-8(10,11)7-3-1-2-6(12-7)4-5-13/h1-3,5H,4H2. The summed E-state index contributed by atoms with van der Waals surface area (Å²) in [6.45, 7) is 0. The van der Waals surface area contributed by atoms with E-state index in [1.54, 1.807) is 0 Å². The van der Waals surface area contributed by atoms with Gasteiger partial charge in [0, 0.05) is 12.1 Å². The Kier molecular flexibility index (Phi) is 2.65. The summed E-state index contributed by atoms with van der Waals surface area (Å²) in [5.74, 6) is 0. The van der Waals surface area contributed by atoms with E-state index in [1.165, 1.54) is 12.1 Å². The second-order valence-electron chi connectivity index (χ2n) is 2.38. The molecule has 0 amide bonds. The van der Waals surface area contributed by atoms with Crippen LogP contribution in [-0.2, 0) is 17.4 Å². The van der Waals surface area contributed by atoms with Crippen LogP contribution in [0.3, 0.4) is 0 Å². The summed E-state index contributed by atoms with van der Waals surface area (Å²) in [4.78, 5) is 13.3. The van der Waals surface area contributed by atoms with Crippen LogP contribution in [0.15, 0.2) is 18.2 Å². The molecule has 0 atom stereocenters. The number of alkyl halides is 3. The van der Waals surface area contributed by atoms with Crippen LogP contribution in [0.5, 0.6) is 0 Å². The lowest BCUT2D eigenvalue weighted by Crippen LogP contribution is -2.09. The third-order valence-electron chi connectivity index (χ3n) is 1.39. The van der Waals surface area contributed by atoms with Gasteiger partial charge in [0.2, 0.25) is 0 Å². The predicted octanol–water partition coefficient (Wildman–Crippen LogP) is 1.84. The number of hydrogen-bond donors (Lipinski definition) is 0. The maximum Gasteiger partial charge on any atom is 0.433 e. The van der Waals surface area contributed by atoms with E-state index >= 15 is 0 Å². The summed E-state index contributed by atoms with van der Waals surface area (Å²) in [5, 5.41) is 0. The molecule has 0 aromatic carbocycles. The highest BCUT2D eigenvalue weighted by atomic mass is 19.4. The van der Waals surface area contributed by atoms with Gasteiger partial charge in [-0.3, -0.25) is 0 Å². The van der Waals surface area contributed by atoms with E-state index in [0.29, 0.717) is 6.29 Å². The summed E-state index contributed by atoms with van der Waals surface area (Å²) >= 11 is 0. The molecule has 0 unspecified atom stereocenters. The largest absolute Gasteiger partial charge is 0.433 e. The van der Waals surface area contributed by atoms with Crippen molar-refractivity contribution in [2.75, 3.05) is 0 Å². The van der Waals surface area contributed by atoms with Gasteiger partial charge in [-0.25, -0.2) is 4.98 Å². The van der Waals surface area contributed by atoms with Gasteiger partial charge in [0.1, 0.15) is 12.0 Å². The number of aldehydes is 1. The normalized spacial score (nSPS) is 11.3. The Morgan fingerprint density at radius 2 is 2.08 bits per heavy atom. The zero-order valence-corrected chi connectivity index (χ0v) is 6.51. The average molecular weight is 189 g/mol. The average Bonchev–Trinajstić information content (AvgIpc) is 2.04. The molecule has 1 rings (SSSR count). The molecule has 0 N–H and O–H groups in total. The number of rotatable bonds is 2. The zero-order chi connectivity index (χ0) is 9.90. The minimum atomic E-state index is -4.45. The molecule has 70 valence electrons.